The molecular formula is C21H20ClN5O3S. The number of anilines is 2. The lowest BCUT2D eigenvalue weighted by molar-refractivity contribution is -0.119. The number of rotatable bonds is 5. The largest absolute Gasteiger partial charge is 0.497 e. The van der Waals surface area contributed by atoms with Gasteiger partial charge in [-0.05, 0) is 49.2 Å². The molecule has 1 aromatic heterocycles. The molecule has 2 heterocycles. The maximum absolute atomic E-state index is 12.8. The van der Waals surface area contributed by atoms with E-state index in [9.17, 15) is 9.59 Å². The van der Waals surface area contributed by atoms with Gasteiger partial charge in [0.1, 0.15) is 16.8 Å². The van der Waals surface area contributed by atoms with Gasteiger partial charge >= 0.3 is 6.03 Å². The van der Waals surface area contributed by atoms with Crippen molar-refractivity contribution >= 4 is 45.7 Å². The number of hydrogen-bond donors (Lipinski definition) is 2. The highest BCUT2D eigenvalue weighted by atomic mass is 35.5. The second-order valence-electron chi connectivity index (χ2n) is 6.92. The zero-order chi connectivity index (χ0) is 21.8. The molecule has 1 unspecified atom stereocenters. The number of nitrogens with zero attached hydrogens (tertiary/aromatic N) is 3. The fourth-order valence-electron chi connectivity index (χ4n) is 3.35. The Hall–Kier alpha value is -3.17. The molecule has 1 aliphatic heterocycles. The van der Waals surface area contributed by atoms with Gasteiger partial charge in [0.05, 0.1) is 7.11 Å². The molecule has 1 saturated heterocycles. The van der Waals surface area contributed by atoms with Gasteiger partial charge in [0, 0.05) is 22.8 Å². The van der Waals surface area contributed by atoms with Crippen molar-refractivity contribution in [3.8, 4) is 16.3 Å². The molecule has 0 radical (unpaired) electrons. The lowest BCUT2D eigenvalue weighted by Gasteiger charge is -2.23. The van der Waals surface area contributed by atoms with E-state index in [1.54, 1.807) is 48.4 Å². The molecule has 160 valence electrons. The summed E-state index contributed by atoms with van der Waals surface area (Å²) in [5.41, 5.74) is 1.46. The molecule has 8 nitrogen and oxygen atoms in total. The van der Waals surface area contributed by atoms with Crippen LogP contribution in [0.4, 0.5) is 15.6 Å². The number of likely N-dealkylation sites (tertiary alicyclic amines) is 1. The Morgan fingerprint density at radius 2 is 1.97 bits per heavy atom. The van der Waals surface area contributed by atoms with E-state index in [4.69, 9.17) is 16.3 Å². The minimum atomic E-state index is -0.572. The molecule has 10 heteroatoms. The average molecular weight is 458 g/mol. The lowest BCUT2D eigenvalue weighted by atomic mass is 10.2. The Morgan fingerprint density at radius 3 is 2.71 bits per heavy atom. The number of nitrogens with one attached hydrogen (secondary N) is 2. The quantitative estimate of drug-likeness (QED) is 0.588. The van der Waals surface area contributed by atoms with Gasteiger partial charge in [0.2, 0.25) is 11.0 Å². The van der Waals surface area contributed by atoms with Crippen LogP contribution in [-0.2, 0) is 4.79 Å². The van der Waals surface area contributed by atoms with Crippen LogP contribution in [0, 0.1) is 0 Å². The predicted octanol–water partition coefficient (Wildman–Crippen LogP) is 4.50. The number of aromatic nitrogens is 2. The van der Waals surface area contributed by atoms with Crippen LogP contribution in [0.15, 0.2) is 48.5 Å². The number of hydrogen-bond acceptors (Lipinski definition) is 6. The summed E-state index contributed by atoms with van der Waals surface area (Å²) in [5, 5.41) is 15.4. The van der Waals surface area contributed by atoms with Crippen molar-refractivity contribution in [1.82, 2.24) is 15.1 Å². The maximum Gasteiger partial charge on any atom is 0.322 e. The summed E-state index contributed by atoms with van der Waals surface area (Å²) in [6.45, 7) is 0.504. The lowest BCUT2D eigenvalue weighted by Crippen LogP contribution is -2.45. The summed E-state index contributed by atoms with van der Waals surface area (Å²) in [4.78, 5) is 27.1. The summed E-state index contributed by atoms with van der Waals surface area (Å²) in [6.07, 6.45) is 1.33. The first-order valence-corrected chi connectivity index (χ1v) is 10.8. The molecular weight excluding hydrogens is 438 g/mol. The van der Waals surface area contributed by atoms with Crippen molar-refractivity contribution in [2.24, 2.45) is 0 Å². The van der Waals surface area contributed by atoms with Crippen molar-refractivity contribution in [3.05, 3.63) is 53.6 Å². The highest BCUT2D eigenvalue weighted by Crippen LogP contribution is 2.29. The molecule has 0 aliphatic carbocycles. The first-order chi connectivity index (χ1) is 15.0. The van der Waals surface area contributed by atoms with Gasteiger partial charge in [0.25, 0.3) is 0 Å². The highest BCUT2D eigenvalue weighted by molar-refractivity contribution is 7.18. The number of carbonyl (C=O) groups excluding carboxylic acids is 2. The molecule has 1 atom stereocenters. The molecule has 31 heavy (non-hydrogen) atoms. The molecule has 3 aromatic rings. The van der Waals surface area contributed by atoms with E-state index >= 15 is 0 Å². The van der Waals surface area contributed by atoms with Crippen molar-refractivity contribution in [3.63, 3.8) is 0 Å². The Morgan fingerprint density at radius 1 is 1.16 bits per heavy atom. The summed E-state index contributed by atoms with van der Waals surface area (Å²) in [5.74, 6) is 0.418. The van der Waals surface area contributed by atoms with Gasteiger partial charge in [-0.15, -0.1) is 10.2 Å². The van der Waals surface area contributed by atoms with E-state index in [2.05, 4.69) is 20.8 Å². The minimum Gasteiger partial charge on any atom is -0.497 e. The van der Waals surface area contributed by atoms with Crippen LogP contribution >= 0.6 is 22.9 Å². The Bertz CT molecular complexity index is 1090. The van der Waals surface area contributed by atoms with Crippen molar-refractivity contribution in [2.75, 3.05) is 24.3 Å². The molecule has 0 bridgehead atoms. The van der Waals surface area contributed by atoms with Crippen molar-refractivity contribution in [1.29, 1.82) is 0 Å². The maximum atomic E-state index is 12.8. The van der Waals surface area contributed by atoms with Gasteiger partial charge in [-0.3, -0.25) is 10.1 Å². The number of halogens is 1. The van der Waals surface area contributed by atoms with Crippen LogP contribution in [0.1, 0.15) is 12.8 Å². The molecule has 1 aliphatic rings. The van der Waals surface area contributed by atoms with Crippen LogP contribution in [0.2, 0.25) is 5.02 Å². The summed E-state index contributed by atoms with van der Waals surface area (Å²) < 4.78 is 5.12. The third kappa shape index (κ3) is 4.95. The number of benzene rings is 2. The van der Waals surface area contributed by atoms with Gasteiger partial charge < -0.3 is 15.0 Å². The van der Waals surface area contributed by atoms with Gasteiger partial charge in [-0.2, -0.15) is 0 Å². The van der Waals surface area contributed by atoms with Gasteiger partial charge in [-0.1, -0.05) is 35.1 Å². The van der Waals surface area contributed by atoms with Crippen LogP contribution in [0.25, 0.3) is 10.6 Å². The number of carbonyl (C=O) groups is 2. The third-order valence-electron chi connectivity index (χ3n) is 4.88. The standard InChI is InChI=1S/C21H20ClN5O3S/c1-30-16-9-7-15(8-10-16)23-21(29)27-11-3-6-17(27)18(28)24-20-26-25-19(31-20)13-4-2-5-14(22)12-13/h2,4-5,7-10,12,17H,3,6,11H2,1H3,(H,23,29)(H,24,26,28). The molecule has 1 fully saturated rings. The third-order valence-corrected chi connectivity index (χ3v) is 6.01. The van der Waals surface area contributed by atoms with E-state index in [1.165, 1.54) is 11.3 Å². The number of methoxy groups -OCH3 is 1. The van der Waals surface area contributed by atoms with E-state index in [0.717, 1.165) is 12.0 Å². The average Bonchev–Trinajstić information content (AvgIpc) is 3.44. The smallest absolute Gasteiger partial charge is 0.322 e. The topological polar surface area (TPSA) is 96.5 Å². The van der Waals surface area contributed by atoms with Gasteiger partial charge in [0.15, 0.2) is 0 Å². The molecule has 0 spiro atoms. The van der Waals surface area contributed by atoms with E-state index in [1.807, 2.05) is 12.1 Å². The summed E-state index contributed by atoms with van der Waals surface area (Å²) >= 11 is 7.28. The van der Waals surface area contributed by atoms with Crippen LogP contribution in [0.3, 0.4) is 0 Å². The van der Waals surface area contributed by atoms with E-state index in [0.29, 0.717) is 39.6 Å². The Labute approximate surface area is 188 Å². The minimum absolute atomic E-state index is 0.281. The first-order valence-electron chi connectivity index (χ1n) is 9.65. The van der Waals surface area contributed by atoms with Crippen LogP contribution < -0.4 is 15.4 Å². The summed E-state index contributed by atoms with van der Waals surface area (Å²) in [7, 11) is 1.58. The van der Waals surface area contributed by atoms with E-state index in [-0.39, 0.29) is 11.9 Å². The molecule has 2 aromatic carbocycles. The van der Waals surface area contributed by atoms with Crippen LogP contribution in [0.5, 0.6) is 5.75 Å². The SMILES string of the molecule is COc1ccc(NC(=O)N2CCCC2C(=O)Nc2nnc(-c3cccc(Cl)c3)s2)cc1. The fraction of sp³-hybridized carbons (Fsp3) is 0.238. The predicted molar refractivity (Wildman–Crippen MR) is 121 cm³/mol. The zero-order valence-corrected chi connectivity index (χ0v) is 18.2. The fourth-order valence-corrected chi connectivity index (χ4v) is 4.29. The Balaban J connectivity index is 1.40. The highest BCUT2D eigenvalue weighted by Gasteiger charge is 2.34. The number of ether oxygens (including phenoxy) is 1. The van der Waals surface area contributed by atoms with Gasteiger partial charge in [-0.25, -0.2) is 4.79 Å². The summed E-state index contributed by atoms with van der Waals surface area (Å²) in [6, 6.07) is 13.4. The van der Waals surface area contributed by atoms with E-state index < -0.39 is 6.04 Å². The molecule has 4 rings (SSSR count). The van der Waals surface area contributed by atoms with Crippen molar-refractivity contribution in [2.45, 2.75) is 18.9 Å². The monoisotopic (exact) mass is 457 g/mol. The zero-order valence-electron chi connectivity index (χ0n) is 16.7. The number of amides is 3. The molecule has 3 amide bonds. The second-order valence-corrected chi connectivity index (χ2v) is 8.34. The number of urea groups is 1. The first kappa shape index (κ1) is 21.1. The Kier molecular flexibility index (Phi) is 6.34. The van der Waals surface area contributed by atoms with Crippen LogP contribution in [-0.4, -0.2) is 46.7 Å². The molecule has 2 N–H and O–H groups in total. The molecule has 0 saturated carbocycles. The van der Waals surface area contributed by atoms with Crippen molar-refractivity contribution < 1.29 is 14.3 Å². The second kappa shape index (κ2) is 9.32. The normalized spacial score (nSPS) is 15.5.